The molecule has 0 aromatic heterocycles. The zero-order chi connectivity index (χ0) is 28.7. The Morgan fingerprint density at radius 1 is 0.897 bits per heavy atom. The number of hydrogen-bond acceptors (Lipinski definition) is 4. The largest absolute Gasteiger partial charge is 0.495 e. The van der Waals surface area contributed by atoms with Crippen molar-refractivity contribution in [2.24, 2.45) is 0 Å². The Balaban J connectivity index is 2.23. The number of hydrogen-bond donors (Lipinski definition) is 0. The lowest BCUT2D eigenvalue weighted by Gasteiger charge is -2.32. The Kier molecular flexibility index (Phi) is 11.1. The molecule has 1 aliphatic heterocycles. The molecule has 1 heterocycles. The van der Waals surface area contributed by atoms with Crippen molar-refractivity contribution >= 4 is 31.4 Å². The van der Waals surface area contributed by atoms with Crippen LogP contribution in [-0.4, -0.2) is 40.3 Å². The summed E-state index contributed by atoms with van der Waals surface area (Å²) >= 11 is 0. The summed E-state index contributed by atoms with van der Waals surface area (Å²) < 4.78 is 39.6. The maximum atomic E-state index is 15.7. The van der Waals surface area contributed by atoms with E-state index in [1.165, 1.54) is 43.5 Å². The van der Waals surface area contributed by atoms with Crippen LogP contribution in [0, 0.1) is 17.3 Å². The maximum Gasteiger partial charge on any atom is 0.495 e. The van der Waals surface area contributed by atoms with Crippen LogP contribution in [0.5, 0.6) is 5.75 Å². The molecular formula is C32H48BFO4Si. The maximum absolute atomic E-state index is 15.7. The third kappa shape index (κ3) is 7.47. The molecule has 0 atom stereocenters. The highest BCUT2D eigenvalue weighted by Crippen LogP contribution is 2.38. The van der Waals surface area contributed by atoms with E-state index in [0.29, 0.717) is 11.3 Å². The molecule has 1 fully saturated rings. The van der Waals surface area contributed by atoms with Gasteiger partial charge in [-0.1, -0.05) is 71.3 Å². The fourth-order valence-corrected chi connectivity index (χ4v) is 9.84. The molecule has 3 rings (SSSR count). The fourth-order valence-electron chi connectivity index (χ4n) is 5.24. The topological polar surface area (TPSA) is 36.9 Å². The second-order valence-electron chi connectivity index (χ2n) is 12.0. The van der Waals surface area contributed by atoms with E-state index in [4.69, 9.17) is 18.8 Å². The molecule has 0 spiro atoms. The van der Waals surface area contributed by atoms with Crippen LogP contribution < -0.4 is 10.2 Å². The normalized spacial score (nSPS) is 16.4. The van der Waals surface area contributed by atoms with Gasteiger partial charge in [0, 0.05) is 12.5 Å². The van der Waals surface area contributed by atoms with Gasteiger partial charge in [-0.15, -0.1) is 5.54 Å². The molecule has 0 bridgehead atoms. The van der Waals surface area contributed by atoms with Gasteiger partial charge in [0.2, 0.25) is 0 Å². The summed E-state index contributed by atoms with van der Waals surface area (Å²) in [5, 5.41) is 1.59. The number of rotatable bonds is 13. The minimum Gasteiger partial charge on any atom is -0.468 e. The molecule has 4 nitrogen and oxygen atoms in total. The van der Waals surface area contributed by atoms with Gasteiger partial charge in [0.25, 0.3) is 0 Å². The number of methoxy groups -OCH3 is 1. The summed E-state index contributed by atoms with van der Waals surface area (Å²) in [6.45, 7) is 15.0. The second kappa shape index (κ2) is 13.7. The molecule has 0 saturated carbocycles. The van der Waals surface area contributed by atoms with Crippen molar-refractivity contribution in [1.82, 2.24) is 0 Å². The number of halogens is 1. The Morgan fingerprint density at radius 3 is 1.97 bits per heavy atom. The van der Waals surface area contributed by atoms with Crippen LogP contribution in [0.3, 0.4) is 0 Å². The summed E-state index contributed by atoms with van der Waals surface area (Å²) in [4.78, 5) is 0. The first-order chi connectivity index (χ1) is 18.5. The second-order valence-corrected chi connectivity index (χ2v) is 16.3. The first kappa shape index (κ1) is 31.7. The fraction of sp³-hybridized carbons (Fsp3) is 0.625. The van der Waals surface area contributed by atoms with E-state index in [9.17, 15) is 0 Å². The van der Waals surface area contributed by atoms with E-state index >= 15 is 4.39 Å². The van der Waals surface area contributed by atoms with Gasteiger partial charge in [-0.05, 0) is 74.9 Å². The summed E-state index contributed by atoms with van der Waals surface area (Å²) in [5.74, 6) is 3.77. The number of unbranched alkanes of at least 4 members (excludes halogenated alkanes) is 3. The van der Waals surface area contributed by atoms with Gasteiger partial charge in [-0.2, -0.15) is 0 Å². The molecular weight excluding hydrogens is 506 g/mol. The lowest BCUT2D eigenvalue weighted by atomic mass is 9.74. The van der Waals surface area contributed by atoms with Crippen molar-refractivity contribution in [3.8, 4) is 17.2 Å². The van der Waals surface area contributed by atoms with E-state index in [-0.39, 0.29) is 12.6 Å². The van der Waals surface area contributed by atoms with Crippen LogP contribution in [0.25, 0.3) is 10.8 Å². The van der Waals surface area contributed by atoms with E-state index < -0.39 is 26.4 Å². The number of benzene rings is 2. The van der Waals surface area contributed by atoms with Crippen molar-refractivity contribution in [3.63, 3.8) is 0 Å². The van der Waals surface area contributed by atoms with Crippen molar-refractivity contribution in [2.75, 3.05) is 13.9 Å². The Bertz CT molecular complexity index is 1130. The zero-order valence-electron chi connectivity index (χ0n) is 25.5. The summed E-state index contributed by atoms with van der Waals surface area (Å²) in [6, 6.07) is 10.7. The zero-order valence-corrected chi connectivity index (χ0v) is 26.5. The molecule has 39 heavy (non-hydrogen) atoms. The molecule has 1 saturated heterocycles. The smallest absolute Gasteiger partial charge is 0.468 e. The predicted octanol–water partition coefficient (Wildman–Crippen LogP) is 8.00. The molecule has 0 N–H and O–H groups in total. The van der Waals surface area contributed by atoms with E-state index in [1.807, 2.05) is 39.8 Å². The quantitative estimate of drug-likeness (QED) is 0.143. The highest BCUT2D eigenvalue weighted by atomic mass is 28.3. The van der Waals surface area contributed by atoms with Crippen molar-refractivity contribution in [3.05, 3.63) is 35.6 Å². The van der Waals surface area contributed by atoms with Crippen LogP contribution in [0.2, 0.25) is 18.1 Å². The van der Waals surface area contributed by atoms with Crippen molar-refractivity contribution in [2.45, 2.75) is 116 Å². The highest BCUT2D eigenvalue weighted by Gasteiger charge is 2.52. The van der Waals surface area contributed by atoms with Gasteiger partial charge < -0.3 is 18.8 Å². The molecule has 0 amide bonds. The van der Waals surface area contributed by atoms with Gasteiger partial charge in [0.15, 0.2) is 6.79 Å². The lowest BCUT2D eigenvalue weighted by molar-refractivity contribution is 0.00578. The average Bonchev–Trinajstić information content (AvgIpc) is 3.13. The predicted molar refractivity (Wildman–Crippen MR) is 164 cm³/mol. The van der Waals surface area contributed by atoms with Gasteiger partial charge in [0.05, 0.1) is 16.8 Å². The molecule has 0 unspecified atom stereocenters. The van der Waals surface area contributed by atoms with Crippen LogP contribution >= 0.6 is 0 Å². The van der Waals surface area contributed by atoms with Crippen molar-refractivity contribution in [1.29, 1.82) is 0 Å². The van der Waals surface area contributed by atoms with Gasteiger partial charge in [0.1, 0.15) is 19.6 Å². The van der Waals surface area contributed by atoms with Crippen LogP contribution in [0.4, 0.5) is 4.39 Å². The lowest BCUT2D eigenvalue weighted by Crippen LogP contribution is -2.41. The molecule has 0 radical (unpaired) electrons. The van der Waals surface area contributed by atoms with Crippen LogP contribution in [-0.2, 0) is 14.0 Å². The first-order valence-corrected chi connectivity index (χ1v) is 17.4. The van der Waals surface area contributed by atoms with Crippen LogP contribution in [0.15, 0.2) is 24.3 Å². The molecule has 214 valence electrons. The standard InChI is InChI=1S/C32H48BFO4Si/c1-9-12-18-39(19-13-10-2,20-14-11-3)21-17-27-29(34)16-15-25-22-26(36-24-35-8)23-28(30(25)27)33-37-31(4,5)32(6,7)38-33/h15-16,22-23H,9-14,18-20,24H2,1-8H3. The van der Waals surface area contributed by atoms with Gasteiger partial charge >= 0.3 is 7.12 Å². The summed E-state index contributed by atoms with van der Waals surface area (Å²) in [6.07, 6.45) is 7.04. The average molecular weight is 555 g/mol. The summed E-state index contributed by atoms with van der Waals surface area (Å²) in [7, 11) is -0.991. The molecule has 1 aliphatic rings. The Labute approximate surface area is 237 Å². The molecule has 7 heteroatoms. The highest BCUT2D eigenvalue weighted by molar-refractivity contribution is 6.87. The third-order valence-electron chi connectivity index (χ3n) is 8.40. The Morgan fingerprint density at radius 2 is 1.46 bits per heavy atom. The SMILES string of the molecule is CCCC[Si](C#Cc1c(F)ccc2cc(OCOC)cc(B3OC(C)(C)C(C)(C)O3)c12)(CCCC)CCCC. The third-order valence-corrected chi connectivity index (χ3v) is 13.0. The monoisotopic (exact) mass is 554 g/mol. The molecule has 2 aromatic rings. The number of fused-ring (bicyclic) bond motifs is 1. The molecule has 0 aliphatic carbocycles. The first-order valence-electron chi connectivity index (χ1n) is 14.8. The Hall–Kier alpha value is -1.85. The van der Waals surface area contributed by atoms with Crippen LogP contribution in [0.1, 0.15) is 92.6 Å². The minimum absolute atomic E-state index is 0.114. The number of ether oxygens (including phenoxy) is 2. The molecule has 2 aromatic carbocycles. The van der Waals surface area contributed by atoms with E-state index in [2.05, 4.69) is 32.2 Å². The van der Waals surface area contributed by atoms with E-state index in [1.54, 1.807) is 13.2 Å². The van der Waals surface area contributed by atoms with E-state index in [0.717, 1.165) is 35.5 Å². The van der Waals surface area contributed by atoms with Gasteiger partial charge in [-0.3, -0.25) is 0 Å². The van der Waals surface area contributed by atoms with Crippen molar-refractivity contribution < 1.29 is 23.2 Å². The minimum atomic E-state index is -1.91. The summed E-state index contributed by atoms with van der Waals surface area (Å²) in [5.41, 5.74) is 3.92. The van der Waals surface area contributed by atoms with Gasteiger partial charge in [-0.25, -0.2) is 4.39 Å².